The van der Waals surface area contributed by atoms with Crippen LogP contribution in [0.25, 0.3) is 0 Å². The lowest BCUT2D eigenvalue weighted by atomic mass is 10.0. The summed E-state index contributed by atoms with van der Waals surface area (Å²) < 4.78 is 0. The number of nitrogens with one attached hydrogen (secondary N) is 1. The number of hydrogen-bond acceptors (Lipinski definition) is 2. The monoisotopic (exact) mass is 249 g/mol. The van der Waals surface area contributed by atoms with E-state index >= 15 is 0 Å². The third-order valence-corrected chi connectivity index (χ3v) is 3.68. The highest BCUT2D eigenvalue weighted by Gasteiger charge is 2.12. The van der Waals surface area contributed by atoms with Crippen molar-refractivity contribution in [2.45, 2.75) is 37.1 Å². The van der Waals surface area contributed by atoms with E-state index in [0.717, 1.165) is 13.0 Å². The molecule has 1 atom stereocenters. The number of hydrogen-bond donors (Lipinski definition) is 1. The molecule has 0 aromatic heterocycles. The molecular weight excluding hydrogens is 226 g/mol. The molecule has 0 aliphatic heterocycles. The van der Waals surface area contributed by atoms with Crippen LogP contribution in [0.1, 0.15) is 37.8 Å². The smallest absolute Gasteiger partial charge is 0.0331 e. The minimum atomic E-state index is 0.476. The molecule has 1 N–H and O–H groups in total. The van der Waals surface area contributed by atoms with Gasteiger partial charge in [-0.2, -0.15) is 0 Å². The van der Waals surface area contributed by atoms with Crippen molar-refractivity contribution in [3.05, 3.63) is 42.5 Å². The van der Waals surface area contributed by atoms with Crippen LogP contribution in [-0.2, 0) is 0 Å². The standard InChI is InChI=1S/C15H23NS/c1-4-6-7-11-14(16-5-2)13-10-8-9-12-15(13)17-3/h4,8-10,12,14,16H,1,5-7,11H2,2-3H3. The molecule has 0 fully saturated rings. The van der Waals surface area contributed by atoms with E-state index in [-0.39, 0.29) is 0 Å². The summed E-state index contributed by atoms with van der Waals surface area (Å²) in [6, 6.07) is 9.17. The van der Waals surface area contributed by atoms with Gasteiger partial charge in [-0.1, -0.05) is 31.2 Å². The highest BCUT2D eigenvalue weighted by molar-refractivity contribution is 7.98. The van der Waals surface area contributed by atoms with Crippen LogP contribution in [0.4, 0.5) is 0 Å². The lowest BCUT2D eigenvalue weighted by molar-refractivity contribution is 0.494. The summed E-state index contributed by atoms with van der Waals surface area (Å²) in [6.45, 7) is 6.97. The zero-order valence-corrected chi connectivity index (χ0v) is 11.7. The largest absolute Gasteiger partial charge is 0.310 e. The summed E-state index contributed by atoms with van der Waals surface area (Å²) in [7, 11) is 0. The highest BCUT2D eigenvalue weighted by Crippen LogP contribution is 2.28. The molecule has 0 radical (unpaired) electrons. The summed E-state index contributed by atoms with van der Waals surface area (Å²) in [6.07, 6.45) is 7.62. The normalized spacial score (nSPS) is 12.4. The Morgan fingerprint density at radius 2 is 2.18 bits per heavy atom. The molecule has 17 heavy (non-hydrogen) atoms. The predicted molar refractivity (Wildman–Crippen MR) is 78.7 cm³/mol. The maximum atomic E-state index is 3.79. The van der Waals surface area contributed by atoms with Crippen LogP contribution in [0.5, 0.6) is 0 Å². The van der Waals surface area contributed by atoms with Crippen LogP contribution in [-0.4, -0.2) is 12.8 Å². The van der Waals surface area contributed by atoms with E-state index in [2.05, 4.69) is 49.3 Å². The fourth-order valence-corrected chi connectivity index (χ4v) is 2.70. The Hall–Kier alpha value is -0.730. The fraction of sp³-hybridized carbons (Fsp3) is 0.467. The Labute approximate surface area is 110 Å². The molecule has 0 heterocycles. The molecular formula is C15H23NS. The van der Waals surface area contributed by atoms with Crippen LogP contribution >= 0.6 is 11.8 Å². The number of rotatable bonds is 8. The van der Waals surface area contributed by atoms with Crippen molar-refractivity contribution in [3.8, 4) is 0 Å². The Balaban J connectivity index is 2.76. The van der Waals surface area contributed by atoms with E-state index in [1.54, 1.807) is 0 Å². The molecule has 1 aromatic rings. The van der Waals surface area contributed by atoms with Crippen LogP contribution < -0.4 is 5.32 Å². The first-order valence-electron chi connectivity index (χ1n) is 6.30. The van der Waals surface area contributed by atoms with E-state index in [1.165, 1.54) is 23.3 Å². The highest BCUT2D eigenvalue weighted by atomic mass is 32.2. The first-order valence-corrected chi connectivity index (χ1v) is 7.53. The average Bonchev–Trinajstić information content (AvgIpc) is 2.38. The van der Waals surface area contributed by atoms with Gasteiger partial charge < -0.3 is 5.32 Å². The minimum absolute atomic E-state index is 0.476. The van der Waals surface area contributed by atoms with Crippen LogP contribution in [0.3, 0.4) is 0 Å². The molecule has 0 aliphatic rings. The molecule has 0 spiro atoms. The predicted octanol–water partition coefficient (Wildman–Crippen LogP) is 4.42. The molecule has 0 bridgehead atoms. The Bertz CT molecular complexity index is 335. The van der Waals surface area contributed by atoms with Gasteiger partial charge in [0.2, 0.25) is 0 Å². The summed E-state index contributed by atoms with van der Waals surface area (Å²) in [5, 5.41) is 3.58. The van der Waals surface area contributed by atoms with Gasteiger partial charge in [0.1, 0.15) is 0 Å². The maximum absolute atomic E-state index is 3.79. The average molecular weight is 249 g/mol. The summed E-state index contributed by atoms with van der Waals surface area (Å²) in [5.74, 6) is 0. The maximum Gasteiger partial charge on any atom is 0.0331 e. The van der Waals surface area contributed by atoms with Gasteiger partial charge in [0, 0.05) is 10.9 Å². The SMILES string of the molecule is C=CCCCC(NCC)c1ccccc1SC. The molecule has 94 valence electrons. The quantitative estimate of drug-likeness (QED) is 0.416. The summed E-state index contributed by atoms with van der Waals surface area (Å²) in [4.78, 5) is 1.39. The van der Waals surface area contributed by atoms with Crippen molar-refractivity contribution >= 4 is 11.8 Å². The molecule has 0 saturated carbocycles. The number of thioether (sulfide) groups is 1. The zero-order valence-electron chi connectivity index (χ0n) is 10.9. The first-order chi connectivity index (χ1) is 8.33. The van der Waals surface area contributed by atoms with Gasteiger partial charge in [-0.25, -0.2) is 0 Å². The van der Waals surface area contributed by atoms with Gasteiger partial charge in [0.05, 0.1) is 0 Å². The molecule has 1 nitrogen and oxygen atoms in total. The zero-order chi connectivity index (χ0) is 12.5. The minimum Gasteiger partial charge on any atom is -0.310 e. The Morgan fingerprint density at radius 1 is 1.41 bits per heavy atom. The summed E-state index contributed by atoms with van der Waals surface area (Å²) in [5.41, 5.74) is 1.44. The van der Waals surface area contributed by atoms with Gasteiger partial charge in [-0.3, -0.25) is 0 Å². The van der Waals surface area contributed by atoms with Gasteiger partial charge in [0.15, 0.2) is 0 Å². The van der Waals surface area contributed by atoms with Crippen molar-refractivity contribution < 1.29 is 0 Å². The molecule has 0 amide bonds. The lowest BCUT2D eigenvalue weighted by Crippen LogP contribution is -2.21. The molecule has 0 aliphatic carbocycles. The van der Waals surface area contributed by atoms with Gasteiger partial charge in [-0.15, -0.1) is 18.3 Å². The number of unbranched alkanes of at least 4 members (excludes halogenated alkanes) is 1. The van der Waals surface area contributed by atoms with Crippen LogP contribution in [0, 0.1) is 0 Å². The molecule has 1 unspecified atom stereocenters. The van der Waals surface area contributed by atoms with E-state index in [9.17, 15) is 0 Å². The van der Waals surface area contributed by atoms with Gasteiger partial charge >= 0.3 is 0 Å². The van der Waals surface area contributed by atoms with E-state index in [4.69, 9.17) is 0 Å². The van der Waals surface area contributed by atoms with Gasteiger partial charge in [-0.05, 0) is 43.7 Å². The van der Waals surface area contributed by atoms with Crippen molar-refractivity contribution in [2.24, 2.45) is 0 Å². The molecule has 2 heteroatoms. The third-order valence-electron chi connectivity index (χ3n) is 2.87. The molecule has 1 aromatic carbocycles. The van der Waals surface area contributed by atoms with Crippen molar-refractivity contribution in [3.63, 3.8) is 0 Å². The topological polar surface area (TPSA) is 12.0 Å². The Morgan fingerprint density at radius 3 is 2.82 bits per heavy atom. The third kappa shape index (κ3) is 4.57. The number of allylic oxidation sites excluding steroid dienone is 1. The van der Waals surface area contributed by atoms with Crippen molar-refractivity contribution in [1.82, 2.24) is 5.32 Å². The van der Waals surface area contributed by atoms with Crippen LogP contribution in [0.15, 0.2) is 41.8 Å². The van der Waals surface area contributed by atoms with E-state index in [1.807, 2.05) is 17.8 Å². The second-order valence-electron chi connectivity index (χ2n) is 4.07. The lowest BCUT2D eigenvalue weighted by Gasteiger charge is -2.20. The molecule has 1 rings (SSSR count). The second kappa shape index (κ2) is 8.37. The first kappa shape index (κ1) is 14.3. The summed E-state index contributed by atoms with van der Waals surface area (Å²) >= 11 is 1.83. The van der Waals surface area contributed by atoms with Gasteiger partial charge in [0.25, 0.3) is 0 Å². The van der Waals surface area contributed by atoms with Crippen LogP contribution in [0.2, 0.25) is 0 Å². The van der Waals surface area contributed by atoms with Crippen molar-refractivity contribution in [1.29, 1.82) is 0 Å². The van der Waals surface area contributed by atoms with Crippen molar-refractivity contribution in [2.75, 3.05) is 12.8 Å². The second-order valence-corrected chi connectivity index (χ2v) is 4.92. The fourth-order valence-electron chi connectivity index (χ4n) is 2.03. The van der Waals surface area contributed by atoms with E-state index < -0.39 is 0 Å². The number of benzene rings is 1. The Kier molecular flexibility index (Phi) is 7.06. The molecule has 0 saturated heterocycles. The van der Waals surface area contributed by atoms with E-state index in [0.29, 0.717) is 6.04 Å².